The fraction of sp³-hybridized carbons (Fsp3) is 0.400. The van der Waals surface area contributed by atoms with Crippen molar-refractivity contribution in [2.75, 3.05) is 6.61 Å². The van der Waals surface area contributed by atoms with Gasteiger partial charge in [-0.3, -0.25) is 4.79 Å². The van der Waals surface area contributed by atoms with E-state index in [1.165, 1.54) is 0 Å². The first-order valence-electron chi connectivity index (χ1n) is 6.05. The third-order valence-corrected chi connectivity index (χ3v) is 2.63. The Hall–Kier alpha value is -1.79. The number of aliphatic hydroxyl groups excluding tert-OH is 1. The predicted molar refractivity (Wildman–Crippen MR) is 72.2 cm³/mol. The predicted octanol–water partition coefficient (Wildman–Crippen LogP) is 1.80. The van der Waals surface area contributed by atoms with Crippen LogP contribution in [0, 0.1) is 18.3 Å². The fourth-order valence-electron chi connectivity index (χ4n) is 1.73. The molecule has 3 heteroatoms. The van der Waals surface area contributed by atoms with Crippen LogP contribution in [0.1, 0.15) is 36.2 Å². The van der Waals surface area contributed by atoms with Gasteiger partial charge in [0.1, 0.15) is 0 Å². The van der Waals surface area contributed by atoms with E-state index in [2.05, 4.69) is 25.1 Å². The number of rotatable bonds is 5. The summed E-state index contributed by atoms with van der Waals surface area (Å²) in [6.07, 6.45) is 6.00. The quantitative estimate of drug-likeness (QED) is 0.777. The molecular formula is C15H19NO2. The monoisotopic (exact) mass is 245 g/mol. The average Bonchev–Trinajstić information content (AvgIpc) is 2.37. The first-order chi connectivity index (χ1) is 8.56. The Morgan fingerprint density at radius 3 is 2.44 bits per heavy atom. The summed E-state index contributed by atoms with van der Waals surface area (Å²) >= 11 is 0. The largest absolute Gasteiger partial charge is 0.394 e. The van der Waals surface area contributed by atoms with E-state index < -0.39 is 0 Å². The number of benzene rings is 1. The van der Waals surface area contributed by atoms with Crippen molar-refractivity contribution in [3.8, 4) is 12.3 Å². The van der Waals surface area contributed by atoms with Gasteiger partial charge in [0.05, 0.1) is 12.6 Å². The molecule has 0 heterocycles. The van der Waals surface area contributed by atoms with Crippen molar-refractivity contribution in [2.45, 2.75) is 26.3 Å². The van der Waals surface area contributed by atoms with Gasteiger partial charge in [0.25, 0.3) is 5.91 Å². The van der Waals surface area contributed by atoms with Crippen molar-refractivity contribution in [3.63, 3.8) is 0 Å². The average molecular weight is 245 g/mol. The lowest BCUT2D eigenvalue weighted by Crippen LogP contribution is -2.38. The number of aliphatic hydroxyl groups is 1. The van der Waals surface area contributed by atoms with Crippen molar-refractivity contribution in [1.82, 2.24) is 5.32 Å². The van der Waals surface area contributed by atoms with Crippen molar-refractivity contribution in [3.05, 3.63) is 35.4 Å². The van der Waals surface area contributed by atoms with Gasteiger partial charge in [0.2, 0.25) is 0 Å². The minimum atomic E-state index is -0.204. The highest BCUT2D eigenvalue weighted by atomic mass is 16.3. The molecule has 18 heavy (non-hydrogen) atoms. The molecule has 0 spiro atoms. The van der Waals surface area contributed by atoms with Gasteiger partial charge >= 0.3 is 0 Å². The maximum Gasteiger partial charge on any atom is 0.251 e. The summed E-state index contributed by atoms with van der Waals surface area (Å²) in [5.74, 6) is 2.74. The van der Waals surface area contributed by atoms with Crippen molar-refractivity contribution in [2.24, 2.45) is 5.92 Å². The summed E-state index contributed by atoms with van der Waals surface area (Å²) in [7, 11) is 0. The number of hydrogen-bond donors (Lipinski definition) is 2. The van der Waals surface area contributed by atoms with Crippen LogP contribution in [0.3, 0.4) is 0 Å². The molecule has 0 bridgehead atoms. The highest BCUT2D eigenvalue weighted by Crippen LogP contribution is 2.07. The van der Waals surface area contributed by atoms with Crippen LogP contribution >= 0.6 is 0 Å². The molecule has 0 radical (unpaired) electrons. The summed E-state index contributed by atoms with van der Waals surface area (Å²) in [5.41, 5.74) is 1.30. The molecular weight excluding hydrogens is 226 g/mol. The summed E-state index contributed by atoms with van der Waals surface area (Å²) in [6, 6.07) is 6.63. The van der Waals surface area contributed by atoms with E-state index in [1.54, 1.807) is 24.3 Å². The maximum atomic E-state index is 11.9. The van der Waals surface area contributed by atoms with Gasteiger partial charge in [0.15, 0.2) is 0 Å². The molecule has 0 saturated carbocycles. The summed E-state index contributed by atoms with van der Waals surface area (Å²) in [6.45, 7) is 4.05. The smallest absolute Gasteiger partial charge is 0.251 e. The molecule has 0 unspecified atom stereocenters. The molecule has 96 valence electrons. The number of nitrogens with one attached hydrogen (secondary N) is 1. The Balaban J connectivity index is 2.66. The standard InChI is InChI=1S/C15H19NO2/c1-4-12-5-7-13(8-6-12)15(18)16-14(10-17)9-11(2)3/h1,5-8,11,14,17H,9-10H2,2-3H3,(H,16,18)/t14-/m0/s1. The van der Waals surface area contributed by atoms with E-state index in [-0.39, 0.29) is 18.6 Å². The SMILES string of the molecule is C#Cc1ccc(C(=O)N[C@H](CO)CC(C)C)cc1. The maximum absolute atomic E-state index is 11.9. The second kappa shape index (κ2) is 6.83. The van der Waals surface area contributed by atoms with Gasteiger partial charge in [-0.15, -0.1) is 6.42 Å². The van der Waals surface area contributed by atoms with Gasteiger partial charge in [-0.25, -0.2) is 0 Å². The number of carbonyl (C=O) groups excluding carboxylic acids is 1. The molecule has 1 amide bonds. The molecule has 0 aliphatic heterocycles. The van der Waals surface area contributed by atoms with Crippen LogP contribution in [0.4, 0.5) is 0 Å². The normalized spacial score (nSPS) is 11.9. The number of hydrogen-bond acceptors (Lipinski definition) is 2. The molecule has 1 aromatic carbocycles. The first-order valence-corrected chi connectivity index (χ1v) is 6.05. The summed E-state index contributed by atoms with van der Waals surface area (Å²) < 4.78 is 0. The molecule has 1 aromatic rings. The van der Waals surface area contributed by atoms with Crippen LogP contribution in [-0.2, 0) is 0 Å². The lowest BCUT2D eigenvalue weighted by molar-refractivity contribution is 0.0908. The molecule has 0 aliphatic rings. The van der Waals surface area contributed by atoms with E-state index in [0.29, 0.717) is 11.5 Å². The lowest BCUT2D eigenvalue weighted by Gasteiger charge is -2.18. The highest BCUT2D eigenvalue weighted by Gasteiger charge is 2.14. The molecule has 1 rings (SSSR count). The van der Waals surface area contributed by atoms with Gasteiger partial charge in [-0.05, 0) is 36.6 Å². The highest BCUT2D eigenvalue weighted by molar-refractivity contribution is 5.94. The van der Waals surface area contributed by atoms with Crippen molar-refractivity contribution >= 4 is 5.91 Å². The van der Waals surface area contributed by atoms with Gasteiger partial charge < -0.3 is 10.4 Å². The topological polar surface area (TPSA) is 49.3 Å². The molecule has 0 aromatic heterocycles. The second-order valence-corrected chi connectivity index (χ2v) is 4.70. The van der Waals surface area contributed by atoms with Crippen LogP contribution in [0.5, 0.6) is 0 Å². The molecule has 0 fully saturated rings. The van der Waals surface area contributed by atoms with Gasteiger partial charge in [-0.2, -0.15) is 0 Å². The van der Waals surface area contributed by atoms with E-state index in [4.69, 9.17) is 6.42 Å². The Bertz CT molecular complexity index is 429. The third kappa shape index (κ3) is 4.23. The van der Waals surface area contributed by atoms with E-state index in [0.717, 1.165) is 12.0 Å². The molecule has 1 atom stereocenters. The summed E-state index contributed by atoms with van der Waals surface area (Å²) in [4.78, 5) is 11.9. The molecule has 2 N–H and O–H groups in total. The lowest BCUT2D eigenvalue weighted by atomic mass is 10.0. The molecule has 0 aliphatic carbocycles. The minimum Gasteiger partial charge on any atom is -0.394 e. The third-order valence-electron chi connectivity index (χ3n) is 2.63. The van der Waals surface area contributed by atoms with E-state index in [9.17, 15) is 9.90 Å². The van der Waals surface area contributed by atoms with Crippen LogP contribution in [-0.4, -0.2) is 23.7 Å². The fourth-order valence-corrected chi connectivity index (χ4v) is 1.73. The molecule has 0 saturated heterocycles. The van der Waals surface area contributed by atoms with Crippen molar-refractivity contribution in [1.29, 1.82) is 0 Å². The zero-order valence-corrected chi connectivity index (χ0v) is 10.8. The van der Waals surface area contributed by atoms with Gasteiger partial charge in [-0.1, -0.05) is 19.8 Å². The van der Waals surface area contributed by atoms with Crippen LogP contribution in [0.15, 0.2) is 24.3 Å². The first kappa shape index (κ1) is 14.3. The van der Waals surface area contributed by atoms with Gasteiger partial charge in [0, 0.05) is 11.1 Å². The Morgan fingerprint density at radius 2 is 2.00 bits per heavy atom. The number of terminal acetylenes is 1. The van der Waals surface area contributed by atoms with E-state index in [1.807, 2.05) is 0 Å². The second-order valence-electron chi connectivity index (χ2n) is 4.70. The Morgan fingerprint density at radius 1 is 1.39 bits per heavy atom. The van der Waals surface area contributed by atoms with Crippen LogP contribution < -0.4 is 5.32 Å². The van der Waals surface area contributed by atoms with E-state index >= 15 is 0 Å². The Labute approximate surface area is 108 Å². The van der Waals surface area contributed by atoms with Crippen LogP contribution in [0.25, 0.3) is 0 Å². The molecule has 3 nitrogen and oxygen atoms in total. The number of carbonyl (C=O) groups is 1. The summed E-state index contributed by atoms with van der Waals surface area (Å²) in [5, 5.41) is 12.0. The zero-order chi connectivity index (χ0) is 13.5. The zero-order valence-electron chi connectivity index (χ0n) is 10.8. The Kier molecular flexibility index (Phi) is 5.41. The van der Waals surface area contributed by atoms with Crippen molar-refractivity contribution < 1.29 is 9.90 Å². The minimum absolute atomic E-state index is 0.0492. The van der Waals surface area contributed by atoms with Crippen LogP contribution in [0.2, 0.25) is 0 Å². The number of amides is 1.